The quantitative estimate of drug-likeness (QED) is 0.425. The zero-order valence-corrected chi connectivity index (χ0v) is 6.73. The summed E-state index contributed by atoms with van der Waals surface area (Å²) in [6.07, 6.45) is 6.38. The maximum absolute atomic E-state index is 10.2. The normalized spacial score (nSPS) is 8.85. The monoisotopic (exact) mass is 177 g/mol. The first kappa shape index (κ1) is 9.00. The highest BCUT2D eigenvalue weighted by Crippen LogP contribution is 2.10. The van der Waals surface area contributed by atoms with E-state index in [-0.39, 0.29) is 5.82 Å². The van der Waals surface area contributed by atoms with Crippen molar-refractivity contribution in [3.05, 3.63) is 28.4 Å². The molecule has 0 aliphatic heterocycles. The Morgan fingerprint density at radius 1 is 1.69 bits per heavy atom. The van der Waals surface area contributed by atoms with Gasteiger partial charge in [-0.05, 0) is 16.0 Å². The van der Waals surface area contributed by atoms with Crippen molar-refractivity contribution in [1.29, 1.82) is 0 Å². The minimum atomic E-state index is -0.551. The van der Waals surface area contributed by atoms with E-state index in [9.17, 15) is 10.1 Å². The minimum Gasteiger partial charge on any atom is -0.371 e. The Hall–Kier alpha value is -2.09. The number of aromatic nitrogens is 1. The Balaban J connectivity index is 2.71. The van der Waals surface area contributed by atoms with Gasteiger partial charge in [-0.25, -0.2) is 0 Å². The molecule has 0 aromatic carbocycles. The van der Waals surface area contributed by atoms with Crippen molar-refractivity contribution < 1.29 is 4.92 Å². The largest absolute Gasteiger partial charge is 0.371 e. The number of anilines is 1. The molecule has 5 nitrogen and oxygen atoms in total. The molecule has 0 atom stereocenters. The third-order valence-corrected chi connectivity index (χ3v) is 1.33. The van der Waals surface area contributed by atoms with Crippen LogP contribution < -0.4 is 5.32 Å². The Morgan fingerprint density at radius 3 is 2.92 bits per heavy atom. The molecule has 0 amide bonds. The Morgan fingerprint density at radius 2 is 2.46 bits per heavy atom. The predicted molar refractivity (Wildman–Crippen MR) is 48.2 cm³/mol. The van der Waals surface area contributed by atoms with Crippen LogP contribution in [0.1, 0.15) is 0 Å². The highest BCUT2D eigenvalue weighted by Gasteiger charge is 2.04. The fourth-order valence-electron chi connectivity index (χ4n) is 0.752. The number of pyridine rings is 1. The van der Waals surface area contributed by atoms with Gasteiger partial charge in [0.05, 0.1) is 12.2 Å². The third kappa shape index (κ3) is 2.45. The molecule has 0 unspecified atom stereocenters. The van der Waals surface area contributed by atoms with Gasteiger partial charge in [-0.1, -0.05) is 5.92 Å². The van der Waals surface area contributed by atoms with E-state index in [1.807, 2.05) is 0 Å². The summed E-state index contributed by atoms with van der Waals surface area (Å²) in [6.45, 7) is 0.374. The molecule has 66 valence electrons. The van der Waals surface area contributed by atoms with Gasteiger partial charge in [0, 0.05) is 6.07 Å². The number of nitrogens with one attached hydrogen (secondary N) is 1. The molecule has 0 radical (unpaired) electrons. The SMILES string of the molecule is C#CCNc1ccc([N+](=O)[O-])nc1. The Labute approximate surface area is 74.9 Å². The second kappa shape index (κ2) is 4.07. The van der Waals surface area contributed by atoms with Crippen LogP contribution >= 0.6 is 0 Å². The van der Waals surface area contributed by atoms with Crippen molar-refractivity contribution in [3.63, 3.8) is 0 Å². The number of hydrogen-bond acceptors (Lipinski definition) is 4. The first-order chi connectivity index (χ1) is 6.24. The summed E-state index contributed by atoms with van der Waals surface area (Å²) in [5, 5.41) is 13.1. The maximum Gasteiger partial charge on any atom is 0.363 e. The van der Waals surface area contributed by atoms with Crippen molar-refractivity contribution in [1.82, 2.24) is 4.98 Å². The molecule has 0 saturated carbocycles. The molecule has 1 aromatic rings. The molecule has 0 bridgehead atoms. The van der Waals surface area contributed by atoms with Crippen LogP contribution in [0.25, 0.3) is 0 Å². The molecule has 0 fully saturated rings. The van der Waals surface area contributed by atoms with Gasteiger partial charge < -0.3 is 15.4 Å². The predicted octanol–water partition coefficient (Wildman–Crippen LogP) is 1.03. The summed E-state index contributed by atoms with van der Waals surface area (Å²) in [5.74, 6) is 2.21. The van der Waals surface area contributed by atoms with Crippen LogP contribution in [0.2, 0.25) is 0 Å². The van der Waals surface area contributed by atoms with E-state index in [1.165, 1.54) is 12.3 Å². The highest BCUT2D eigenvalue weighted by molar-refractivity contribution is 5.44. The van der Waals surface area contributed by atoms with E-state index in [0.29, 0.717) is 12.2 Å². The number of nitrogens with zero attached hydrogens (tertiary/aromatic N) is 2. The second-order valence-electron chi connectivity index (χ2n) is 2.22. The molecule has 0 aliphatic carbocycles. The summed E-state index contributed by atoms with van der Waals surface area (Å²) < 4.78 is 0. The molecule has 1 aromatic heterocycles. The van der Waals surface area contributed by atoms with Crippen LogP contribution in [-0.4, -0.2) is 16.5 Å². The summed E-state index contributed by atoms with van der Waals surface area (Å²) >= 11 is 0. The van der Waals surface area contributed by atoms with Crippen LogP contribution in [-0.2, 0) is 0 Å². The highest BCUT2D eigenvalue weighted by atomic mass is 16.6. The molecular weight excluding hydrogens is 170 g/mol. The first-order valence-corrected chi connectivity index (χ1v) is 3.52. The lowest BCUT2D eigenvalue weighted by Gasteiger charge is -1.97. The van der Waals surface area contributed by atoms with E-state index in [2.05, 4.69) is 16.2 Å². The molecular formula is C8H7N3O2. The lowest BCUT2D eigenvalue weighted by atomic mass is 10.4. The maximum atomic E-state index is 10.2. The van der Waals surface area contributed by atoms with Crippen LogP contribution in [0.3, 0.4) is 0 Å². The second-order valence-corrected chi connectivity index (χ2v) is 2.22. The fraction of sp³-hybridized carbons (Fsp3) is 0.125. The zero-order chi connectivity index (χ0) is 9.68. The fourth-order valence-corrected chi connectivity index (χ4v) is 0.752. The van der Waals surface area contributed by atoms with Gasteiger partial charge in [0.15, 0.2) is 6.20 Å². The molecule has 5 heteroatoms. The van der Waals surface area contributed by atoms with Crippen molar-refractivity contribution in [2.75, 3.05) is 11.9 Å². The van der Waals surface area contributed by atoms with Crippen molar-refractivity contribution >= 4 is 11.5 Å². The van der Waals surface area contributed by atoms with E-state index in [1.54, 1.807) is 6.07 Å². The molecule has 0 saturated heterocycles. The third-order valence-electron chi connectivity index (χ3n) is 1.33. The van der Waals surface area contributed by atoms with E-state index in [0.717, 1.165) is 0 Å². The van der Waals surface area contributed by atoms with Gasteiger partial charge in [0.25, 0.3) is 0 Å². The van der Waals surface area contributed by atoms with Gasteiger partial charge in [-0.3, -0.25) is 0 Å². The van der Waals surface area contributed by atoms with Gasteiger partial charge in [0.2, 0.25) is 0 Å². The van der Waals surface area contributed by atoms with Crippen molar-refractivity contribution in [3.8, 4) is 12.3 Å². The van der Waals surface area contributed by atoms with Gasteiger partial charge in [0.1, 0.15) is 0 Å². The lowest BCUT2D eigenvalue weighted by Crippen LogP contribution is -1.99. The number of hydrogen-bond donors (Lipinski definition) is 1. The van der Waals surface area contributed by atoms with E-state index < -0.39 is 4.92 Å². The van der Waals surface area contributed by atoms with E-state index in [4.69, 9.17) is 6.42 Å². The standard InChI is InChI=1S/C8H7N3O2/c1-2-5-9-7-3-4-8(10-6-7)11(12)13/h1,3-4,6,9H,5H2. The summed E-state index contributed by atoms with van der Waals surface area (Å²) in [7, 11) is 0. The number of rotatable bonds is 3. The van der Waals surface area contributed by atoms with Crippen LogP contribution in [0.5, 0.6) is 0 Å². The van der Waals surface area contributed by atoms with Crippen LogP contribution in [0.15, 0.2) is 18.3 Å². The number of nitro groups is 1. The summed E-state index contributed by atoms with van der Waals surface area (Å²) in [5.41, 5.74) is 0.670. The smallest absolute Gasteiger partial charge is 0.363 e. The van der Waals surface area contributed by atoms with Crippen molar-refractivity contribution in [2.24, 2.45) is 0 Å². The average molecular weight is 177 g/mol. The van der Waals surface area contributed by atoms with Gasteiger partial charge in [-0.2, -0.15) is 0 Å². The molecule has 13 heavy (non-hydrogen) atoms. The Kier molecular flexibility index (Phi) is 2.82. The van der Waals surface area contributed by atoms with Crippen LogP contribution in [0, 0.1) is 22.5 Å². The molecule has 1 rings (SSSR count). The Bertz CT molecular complexity index is 339. The summed E-state index contributed by atoms with van der Waals surface area (Å²) in [4.78, 5) is 13.3. The average Bonchev–Trinajstić information content (AvgIpc) is 2.15. The van der Waals surface area contributed by atoms with Gasteiger partial charge in [-0.15, -0.1) is 6.42 Å². The zero-order valence-electron chi connectivity index (χ0n) is 6.73. The molecule has 1 N–H and O–H groups in total. The minimum absolute atomic E-state index is 0.175. The van der Waals surface area contributed by atoms with Crippen molar-refractivity contribution in [2.45, 2.75) is 0 Å². The van der Waals surface area contributed by atoms with E-state index >= 15 is 0 Å². The molecule has 0 spiro atoms. The molecule has 0 aliphatic rings. The topological polar surface area (TPSA) is 68.1 Å². The number of terminal acetylenes is 1. The first-order valence-electron chi connectivity index (χ1n) is 3.52. The summed E-state index contributed by atoms with van der Waals surface area (Å²) in [6, 6.07) is 2.88. The molecule has 1 heterocycles. The van der Waals surface area contributed by atoms with Crippen LogP contribution in [0.4, 0.5) is 11.5 Å². The lowest BCUT2D eigenvalue weighted by molar-refractivity contribution is -0.389. The van der Waals surface area contributed by atoms with Gasteiger partial charge >= 0.3 is 5.82 Å².